The Labute approximate surface area is 104 Å². The van der Waals surface area contributed by atoms with Gasteiger partial charge >= 0.3 is 0 Å². The first-order chi connectivity index (χ1) is 8.22. The molecule has 0 fully saturated rings. The van der Waals surface area contributed by atoms with Crippen molar-refractivity contribution < 1.29 is 9.18 Å². The second kappa shape index (κ2) is 5.15. The van der Waals surface area contributed by atoms with Crippen molar-refractivity contribution in [1.82, 2.24) is 0 Å². The zero-order chi connectivity index (χ0) is 12.3. The summed E-state index contributed by atoms with van der Waals surface area (Å²) in [7, 11) is 0. The van der Waals surface area contributed by atoms with Gasteiger partial charge < -0.3 is 0 Å². The molecule has 0 amide bonds. The highest BCUT2D eigenvalue weighted by Gasteiger charge is 2.14. The molecule has 1 nitrogen and oxygen atoms in total. The average Bonchev–Trinajstić information content (AvgIpc) is 2.39. The summed E-state index contributed by atoms with van der Waals surface area (Å²) < 4.78 is 13.6. The number of carbonyl (C=O) groups is 1. The monoisotopic (exact) mass is 246 g/mol. The Kier molecular flexibility index (Phi) is 3.59. The molecule has 0 saturated heterocycles. The van der Waals surface area contributed by atoms with Crippen LogP contribution in [0.2, 0.25) is 0 Å². The van der Waals surface area contributed by atoms with Crippen LogP contribution >= 0.6 is 11.8 Å². The lowest BCUT2D eigenvalue weighted by Crippen LogP contribution is -2.04. The molecule has 2 aromatic carbocycles. The van der Waals surface area contributed by atoms with E-state index in [9.17, 15) is 9.18 Å². The molecule has 2 aromatic rings. The standard InChI is InChI=1S/C14H11FOS/c1-17-11-7-8-13(15)12(9-11)14(16)10-5-3-2-4-6-10/h2-9H,1H3. The Morgan fingerprint density at radius 1 is 1.12 bits per heavy atom. The van der Waals surface area contributed by atoms with Gasteiger partial charge in [-0.25, -0.2) is 4.39 Å². The first-order valence-corrected chi connectivity index (χ1v) is 6.38. The van der Waals surface area contributed by atoms with Crippen molar-refractivity contribution in [1.29, 1.82) is 0 Å². The lowest BCUT2D eigenvalue weighted by atomic mass is 10.0. The number of carbonyl (C=O) groups excluding carboxylic acids is 1. The maximum atomic E-state index is 13.6. The van der Waals surface area contributed by atoms with E-state index in [2.05, 4.69) is 0 Å². The molecule has 0 aliphatic heterocycles. The van der Waals surface area contributed by atoms with Crippen LogP contribution < -0.4 is 0 Å². The highest BCUT2D eigenvalue weighted by molar-refractivity contribution is 7.98. The molecule has 0 atom stereocenters. The van der Waals surface area contributed by atoms with Crippen molar-refractivity contribution in [3.05, 3.63) is 65.5 Å². The maximum Gasteiger partial charge on any atom is 0.196 e. The van der Waals surface area contributed by atoms with Gasteiger partial charge in [-0.2, -0.15) is 0 Å². The molecule has 0 spiro atoms. The fourth-order valence-electron chi connectivity index (χ4n) is 1.55. The topological polar surface area (TPSA) is 17.1 Å². The Morgan fingerprint density at radius 3 is 2.47 bits per heavy atom. The predicted molar refractivity (Wildman–Crippen MR) is 68.1 cm³/mol. The molecule has 2 rings (SSSR count). The van der Waals surface area contributed by atoms with E-state index in [1.165, 1.54) is 17.8 Å². The molecular formula is C14H11FOS. The third-order valence-corrected chi connectivity index (χ3v) is 3.18. The molecule has 0 N–H and O–H groups in total. The second-order valence-electron chi connectivity index (χ2n) is 3.54. The van der Waals surface area contributed by atoms with Gasteiger partial charge in [0, 0.05) is 10.5 Å². The number of ketones is 1. The minimum Gasteiger partial charge on any atom is -0.288 e. The van der Waals surface area contributed by atoms with Crippen LogP contribution in [0.25, 0.3) is 0 Å². The molecule has 0 bridgehead atoms. The molecule has 0 radical (unpaired) electrons. The normalized spacial score (nSPS) is 10.2. The van der Waals surface area contributed by atoms with Gasteiger partial charge in [0.05, 0.1) is 5.56 Å². The number of halogens is 1. The van der Waals surface area contributed by atoms with Gasteiger partial charge in [-0.1, -0.05) is 30.3 Å². The summed E-state index contributed by atoms with van der Waals surface area (Å²) in [5.74, 6) is -0.754. The van der Waals surface area contributed by atoms with Crippen LogP contribution in [0.5, 0.6) is 0 Å². The summed E-state index contributed by atoms with van der Waals surface area (Å²) in [5.41, 5.74) is 0.632. The third kappa shape index (κ3) is 2.56. The summed E-state index contributed by atoms with van der Waals surface area (Å²) >= 11 is 1.49. The van der Waals surface area contributed by atoms with Gasteiger partial charge in [0.25, 0.3) is 0 Å². The molecule has 3 heteroatoms. The van der Waals surface area contributed by atoms with Crippen molar-refractivity contribution >= 4 is 17.5 Å². The van der Waals surface area contributed by atoms with E-state index >= 15 is 0 Å². The first kappa shape index (κ1) is 11.9. The molecular weight excluding hydrogens is 235 g/mol. The van der Waals surface area contributed by atoms with E-state index in [-0.39, 0.29) is 11.3 Å². The quantitative estimate of drug-likeness (QED) is 0.605. The number of hydrogen-bond acceptors (Lipinski definition) is 2. The van der Waals surface area contributed by atoms with E-state index in [4.69, 9.17) is 0 Å². The third-order valence-electron chi connectivity index (χ3n) is 2.45. The average molecular weight is 246 g/mol. The Bertz CT molecular complexity index is 537. The van der Waals surface area contributed by atoms with Crippen LogP contribution in [0.4, 0.5) is 4.39 Å². The largest absolute Gasteiger partial charge is 0.288 e. The smallest absolute Gasteiger partial charge is 0.196 e. The molecule has 0 unspecified atom stereocenters. The Morgan fingerprint density at radius 2 is 1.82 bits per heavy atom. The summed E-state index contributed by atoms with van der Waals surface area (Å²) in [6.07, 6.45) is 1.89. The minimum atomic E-state index is -0.475. The first-order valence-electron chi connectivity index (χ1n) is 5.15. The van der Waals surface area contributed by atoms with Gasteiger partial charge in [-0.3, -0.25) is 4.79 Å². The lowest BCUT2D eigenvalue weighted by molar-refractivity contribution is 0.103. The van der Waals surface area contributed by atoms with Crippen molar-refractivity contribution in [2.24, 2.45) is 0 Å². The molecule has 86 valence electrons. The van der Waals surface area contributed by atoms with E-state index in [0.717, 1.165) is 4.90 Å². The van der Waals surface area contributed by atoms with Crippen molar-refractivity contribution in [3.8, 4) is 0 Å². The van der Waals surface area contributed by atoms with Crippen LogP contribution in [0.3, 0.4) is 0 Å². The van der Waals surface area contributed by atoms with Crippen LogP contribution in [-0.4, -0.2) is 12.0 Å². The van der Waals surface area contributed by atoms with Crippen LogP contribution in [0.15, 0.2) is 53.4 Å². The second-order valence-corrected chi connectivity index (χ2v) is 4.42. The molecule has 0 aliphatic carbocycles. The van der Waals surface area contributed by atoms with Crippen molar-refractivity contribution in [3.63, 3.8) is 0 Å². The summed E-state index contributed by atoms with van der Waals surface area (Å²) in [6, 6.07) is 13.3. The van der Waals surface area contributed by atoms with Crippen LogP contribution in [0, 0.1) is 5.82 Å². The Hall–Kier alpha value is -1.61. The maximum absolute atomic E-state index is 13.6. The van der Waals surface area contributed by atoms with Crippen molar-refractivity contribution in [2.75, 3.05) is 6.26 Å². The zero-order valence-corrected chi connectivity index (χ0v) is 10.1. The van der Waals surface area contributed by atoms with Gasteiger partial charge in [0.1, 0.15) is 5.82 Å². The van der Waals surface area contributed by atoms with Crippen LogP contribution in [-0.2, 0) is 0 Å². The Balaban J connectivity index is 2.44. The number of hydrogen-bond donors (Lipinski definition) is 0. The van der Waals surface area contributed by atoms with E-state index in [0.29, 0.717) is 5.56 Å². The zero-order valence-electron chi connectivity index (χ0n) is 9.31. The van der Waals surface area contributed by atoms with Gasteiger partial charge in [0.2, 0.25) is 0 Å². The highest BCUT2D eigenvalue weighted by atomic mass is 32.2. The number of rotatable bonds is 3. The predicted octanol–water partition coefficient (Wildman–Crippen LogP) is 3.78. The van der Waals surface area contributed by atoms with E-state index in [1.807, 2.05) is 12.3 Å². The number of thioether (sulfide) groups is 1. The van der Waals surface area contributed by atoms with Gasteiger partial charge in [0.15, 0.2) is 5.78 Å². The molecule has 17 heavy (non-hydrogen) atoms. The lowest BCUT2D eigenvalue weighted by Gasteiger charge is -2.04. The minimum absolute atomic E-state index is 0.128. The summed E-state index contributed by atoms with van der Waals surface area (Å²) in [6.45, 7) is 0. The summed E-state index contributed by atoms with van der Waals surface area (Å²) in [4.78, 5) is 13.0. The summed E-state index contributed by atoms with van der Waals surface area (Å²) in [5, 5.41) is 0. The van der Waals surface area contributed by atoms with Crippen molar-refractivity contribution in [2.45, 2.75) is 4.90 Å². The van der Waals surface area contributed by atoms with E-state index in [1.54, 1.807) is 36.4 Å². The molecule has 0 saturated carbocycles. The van der Waals surface area contributed by atoms with E-state index < -0.39 is 5.82 Å². The molecule has 0 aliphatic rings. The van der Waals surface area contributed by atoms with Crippen LogP contribution in [0.1, 0.15) is 15.9 Å². The van der Waals surface area contributed by atoms with Gasteiger partial charge in [-0.05, 0) is 24.5 Å². The fourth-order valence-corrected chi connectivity index (χ4v) is 1.99. The fraction of sp³-hybridized carbons (Fsp3) is 0.0714. The highest BCUT2D eigenvalue weighted by Crippen LogP contribution is 2.21. The SMILES string of the molecule is CSc1ccc(F)c(C(=O)c2ccccc2)c1. The molecule has 0 heterocycles. The van der Waals surface area contributed by atoms with Gasteiger partial charge in [-0.15, -0.1) is 11.8 Å². The molecule has 0 aromatic heterocycles. The number of benzene rings is 2.